The number of carbonyl (C=O) groups excluding carboxylic acids is 4. The van der Waals surface area contributed by atoms with Crippen molar-refractivity contribution >= 4 is 35.6 Å². The summed E-state index contributed by atoms with van der Waals surface area (Å²) < 4.78 is 0. The molecule has 14 nitrogen and oxygen atoms in total. The molecule has 0 spiro atoms. The highest BCUT2D eigenvalue weighted by Gasteiger charge is 2.33. The summed E-state index contributed by atoms with van der Waals surface area (Å²) >= 11 is 0. The third-order valence-corrected chi connectivity index (χ3v) is 4.10. The lowest BCUT2D eigenvalue weighted by molar-refractivity contribution is -0.145. The molecule has 0 aliphatic carbocycles. The summed E-state index contributed by atoms with van der Waals surface area (Å²) in [7, 11) is 0. The number of carboxylic acids is 2. The molecule has 0 aliphatic rings. The zero-order valence-corrected chi connectivity index (χ0v) is 17.3. The minimum atomic E-state index is -1.73. The molecule has 10 N–H and O–H groups in total. The highest BCUT2D eigenvalue weighted by molar-refractivity contribution is 5.96. The van der Waals surface area contributed by atoms with Gasteiger partial charge in [-0.15, -0.1) is 0 Å². The van der Waals surface area contributed by atoms with E-state index in [-0.39, 0.29) is 0 Å². The van der Waals surface area contributed by atoms with Crippen molar-refractivity contribution < 1.29 is 44.1 Å². The van der Waals surface area contributed by atoms with Crippen molar-refractivity contribution in [2.24, 2.45) is 17.4 Å². The molecule has 0 aromatic rings. The maximum Gasteiger partial charge on any atom is 0.326 e. The maximum atomic E-state index is 12.6. The number of aliphatic hydroxyl groups is 1. The normalized spacial score (nSPS) is 15.7. The van der Waals surface area contributed by atoms with Crippen LogP contribution in [0.1, 0.15) is 33.6 Å². The predicted octanol–water partition coefficient (Wildman–Crippen LogP) is -3.76. The number of carboxylic acid groups (broad SMARTS) is 2. The summed E-state index contributed by atoms with van der Waals surface area (Å²) in [5, 5.41) is 33.9. The van der Waals surface area contributed by atoms with Crippen molar-refractivity contribution in [2.45, 2.75) is 63.9 Å². The van der Waals surface area contributed by atoms with Crippen LogP contribution in [-0.2, 0) is 28.8 Å². The Bertz CT molecular complexity index is 710. The Balaban J connectivity index is 5.49. The molecule has 0 bridgehead atoms. The van der Waals surface area contributed by atoms with Gasteiger partial charge in [0.25, 0.3) is 0 Å². The Morgan fingerprint density at radius 2 is 1.32 bits per heavy atom. The van der Waals surface area contributed by atoms with Crippen molar-refractivity contribution in [1.82, 2.24) is 16.0 Å². The van der Waals surface area contributed by atoms with Crippen LogP contribution in [-0.4, -0.2) is 81.2 Å². The van der Waals surface area contributed by atoms with Gasteiger partial charge in [-0.1, -0.05) is 13.8 Å². The molecule has 0 heterocycles. The monoisotopic (exact) mass is 447 g/mol. The van der Waals surface area contributed by atoms with Gasteiger partial charge in [0.1, 0.15) is 24.2 Å². The first-order valence-electron chi connectivity index (χ1n) is 9.25. The van der Waals surface area contributed by atoms with E-state index in [0.29, 0.717) is 0 Å². The van der Waals surface area contributed by atoms with E-state index in [0.717, 1.165) is 0 Å². The van der Waals surface area contributed by atoms with Crippen molar-refractivity contribution in [3.05, 3.63) is 0 Å². The van der Waals surface area contributed by atoms with Gasteiger partial charge >= 0.3 is 11.9 Å². The molecule has 176 valence electrons. The second-order valence-corrected chi connectivity index (χ2v) is 7.23. The number of nitrogens with two attached hydrogens (primary N) is 2. The van der Waals surface area contributed by atoms with Gasteiger partial charge in [0.05, 0.1) is 18.9 Å². The summed E-state index contributed by atoms with van der Waals surface area (Å²) in [5.41, 5.74) is 10.4. The molecule has 5 unspecified atom stereocenters. The SMILES string of the molecule is CC(C)C(NC(=O)C(N)C(C)O)C(=O)NC(CC(=O)O)C(=O)NC(CC(N)=O)C(=O)O. The minimum absolute atomic E-state index is 0.527. The number of carbonyl (C=O) groups is 6. The lowest BCUT2D eigenvalue weighted by Crippen LogP contribution is -2.59. The van der Waals surface area contributed by atoms with E-state index in [4.69, 9.17) is 21.7 Å². The Morgan fingerprint density at radius 1 is 0.806 bits per heavy atom. The molecule has 5 atom stereocenters. The molecule has 0 saturated carbocycles. The Kier molecular flexibility index (Phi) is 11.1. The standard InChI is InChI=1S/C17H29N5O9/c1-6(2)13(22-15(28)12(19)7(3)23)16(29)20-8(5-11(25)26)14(27)21-9(17(30)31)4-10(18)24/h6-9,12-13,23H,4-5,19H2,1-3H3,(H2,18,24)(H,20,29)(H,21,27)(H,22,28)(H,25,26)(H,30,31). The zero-order valence-electron chi connectivity index (χ0n) is 17.3. The number of rotatable bonds is 13. The van der Waals surface area contributed by atoms with Crippen LogP contribution in [0, 0.1) is 5.92 Å². The van der Waals surface area contributed by atoms with Crippen LogP contribution in [0.4, 0.5) is 0 Å². The van der Waals surface area contributed by atoms with Gasteiger partial charge in [-0.05, 0) is 12.8 Å². The van der Waals surface area contributed by atoms with Crippen molar-refractivity contribution in [3.63, 3.8) is 0 Å². The first kappa shape index (κ1) is 27.7. The number of aliphatic carboxylic acids is 2. The van der Waals surface area contributed by atoms with E-state index < -0.39 is 84.6 Å². The van der Waals surface area contributed by atoms with Crippen LogP contribution in [0.2, 0.25) is 0 Å². The molecule has 0 aromatic carbocycles. The smallest absolute Gasteiger partial charge is 0.326 e. The third-order valence-electron chi connectivity index (χ3n) is 4.10. The Morgan fingerprint density at radius 3 is 1.71 bits per heavy atom. The van der Waals surface area contributed by atoms with Crippen molar-refractivity contribution in [3.8, 4) is 0 Å². The molecule has 0 saturated heterocycles. The van der Waals surface area contributed by atoms with E-state index in [9.17, 15) is 33.9 Å². The largest absolute Gasteiger partial charge is 0.481 e. The fourth-order valence-corrected chi connectivity index (χ4v) is 2.32. The number of hydrogen-bond acceptors (Lipinski definition) is 8. The van der Waals surface area contributed by atoms with Gasteiger partial charge in [0.2, 0.25) is 23.6 Å². The molecule has 4 amide bonds. The second kappa shape index (κ2) is 12.4. The van der Waals surface area contributed by atoms with E-state index >= 15 is 0 Å². The number of nitrogens with one attached hydrogen (secondary N) is 3. The molecule has 0 fully saturated rings. The van der Waals surface area contributed by atoms with Crippen molar-refractivity contribution in [2.75, 3.05) is 0 Å². The minimum Gasteiger partial charge on any atom is -0.481 e. The second-order valence-electron chi connectivity index (χ2n) is 7.23. The van der Waals surface area contributed by atoms with Crippen LogP contribution in [0.3, 0.4) is 0 Å². The van der Waals surface area contributed by atoms with Gasteiger partial charge in [0.15, 0.2) is 0 Å². The zero-order chi connectivity index (χ0) is 24.5. The van der Waals surface area contributed by atoms with Gasteiger partial charge in [-0.2, -0.15) is 0 Å². The average molecular weight is 447 g/mol. The van der Waals surface area contributed by atoms with Crippen LogP contribution in [0.5, 0.6) is 0 Å². The summed E-state index contributed by atoms with van der Waals surface area (Å²) in [6, 6.07) is -6.04. The summed E-state index contributed by atoms with van der Waals surface area (Å²) in [4.78, 5) is 70.3. The van der Waals surface area contributed by atoms with E-state index in [1.54, 1.807) is 13.8 Å². The number of amides is 4. The van der Waals surface area contributed by atoms with Gasteiger partial charge in [-0.3, -0.25) is 24.0 Å². The van der Waals surface area contributed by atoms with E-state index in [1.807, 2.05) is 5.32 Å². The fraction of sp³-hybridized carbons (Fsp3) is 0.647. The highest BCUT2D eigenvalue weighted by Crippen LogP contribution is 2.06. The number of hydrogen-bond donors (Lipinski definition) is 8. The summed E-state index contributed by atoms with van der Waals surface area (Å²) in [5.74, 6) is -7.60. The molecular weight excluding hydrogens is 418 g/mol. The first-order chi connectivity index (χ1) is 14.2. The number of primary amides is 1. The van der Waals surface area contributed by atoms with Crippen LogP contribution >= 0.6 is 0 Å². The molecule has 0 rings (SSSR count). The van der Waals surface area contributed by atoms with Crippen LogP contribution < -0.4 is 27.4 Å². The Labute approximate surface area is 177 Å². The molecule has 0 radical (unpaired) electrons. The molecule has 0 aromatic heterocycles. The van der Waals surface area contributed by atoms with Crippen LogP contribution in [0.15, 0.2) is 0 Å². The van der Waals surface area contributed by atoms with Crippen LogP contribution in [0.25, 0.3) is 0 Å². The lowest BCUT2D eigenvalue weighted by atomic mass is 10.0. The highest BCUT2D eigenvalue weighted by atomic mass is 16.4. The third kappa shape index (κ3) is 9.86. The summed E-state index contributed by atoms with van der Waals surface area (Å²) in [6.45, 7) is 4.38. The molecule has 14 heteroatoms. The average Bonchev–Trinajstić information content (AvgIpc) is 2.62. The fourth-order valence-electron chi connectivity index (χ4n) is 2.32. The molecular formula is C17H29N5O9. The quantitative estimate of drug-likeness (QED) is 0.137. The van der Waals surface area contributed by atoms with Crippen molar-refractivity contribution in [1.29, 1.82) is 0 Å². The predicted molar refractivity (Wildman–Crippen MR) is 104 cm³/mol. The topological polar surface area (TPSA) is 251 Å². The van der Waals surface area contributed by atoms with E-state index in [1.165, 1.54) is 6.92 Å². The lowest BCUT2D eigenvalue weighted by Gasteiger charge is -2.26. The maximum absolute atomic E-state index is 12.6. The van der Waals surface area contributed by atoms with Gasteiger partial charge < -0.3 is 42.7 Å². The molecule has 31 heavy (non-hydrogen) atoms. The first-order valence-corrected chi connectivity index (χ1v) is 9.25. The molecule has 0 aliphatic heterocycles. The Hall–Kier alpha value is -3.26. The van der Waals surface area contributed by atoms with Gasteiger partial charge in [0, 0.05) is 0 Å². The van der Waals surface area contributed by atoms with Gasteiger partial charge in [-0.25, -0.2) is 4.79 Å². The summed E-state index contributed by atoms with van der Waals surface area (Å²) in [6.07, 6.45) is -2.87. The number of aliphatic hydroxyl groups excluding tert-OH is 1. The van der Waals surface area contributed by atoms with E-state index in [2.05, 4.69) is 10.6 Å².